The summed E-state index contributed by atoms with van der Waals surface area (Å²) in [7, 11) is 0. The van der Waals surface area contributed by atoms with Gasteiger partial charge in [0.05, 0.1) is 0 Å². The van der Waals surface area contributed by atoms with Gasteiger partial charge in [0.15, 0.2) is 0 Å². The SMILES string of the molecule is [Co].[Ni].[P].[Re]. The maximum atomic E-state index is 0. The van der Waals surface area contributed by atoms with Crippen LogP contribution in [0.4, 0.5) is 0 Å². The quantitative estimate of drug-likeness (QED) is 0.455. The fourth-order valence-electron chi connectivity index (χ4n) is 0. The van der Waals surface area contributed by atoms with Crippen molar-refractivity contribution < 1.29 is 53.7 Å². The van der Waals surface area contributed by atoms with E-state index in [9.17, 15) is 0 Å². The van der Waals surface area contributed by atoms with Gasteiger partial charge in [0.1, 0.15) is 0 Å². The molecule has 4 heteroatoms. The van der Waals surface area contributed by atoms with E-state index in [-0.39, 0.29) is 63.6 Å². The van der Waals surface area contributed by atoms with Crippen LogP contribution in [0.15, 0.2) is 0 Å². The van der Waals surface area contributed by atoms with E-state index in [0.29, 0.717) is 0 Å². The summed E-state index contributed by atoms with van der Waals surface area (Å²) < 4.78 is 0. The molecule has 0 aliphatic carbocycles. The van der Waals surface area contributed by atoms with Gasteiger partial charge in [0.25, 0.3) is 0 Å². The molecule has 0 saturated carbocycles. The molecule has 0 aromatic carbocycles. The van der Waals surface area contributed by atoms with Crippen LogP contribution in [-0.2, 0) is 53.7 Å². The summed E-state index contributed by atoms with van der Waals surface area (Å²) in [5.41, 5.74) is 0. The van der Waals surface area contributed by atoms with Crippen molar-refractivity contribution >= 4 is 9.90 Å². The molecule has 0 atom stereocenters. The van der Waals surface area contributed by atoms with E-state index in [0.717, 1.165) is 0 Å². The third kappa shape index (κ3) is 8.94. The molecular formula is CoNiPRe. The zero-order valence-corrected chi connectivity index (χ0v) is 7.11. The predicted octanol–water partition coefficient (Wildman–Crippen LogP) is 0.854. The van der Waals surface area contributed by atoms with Crippen molar-refractivity contribution in [2.24, 2.45) is 0 Å². The average Bonchev–Trinajstić information content (AvgIpc) is 0. The fourth-order valence-corrected chi connectivity index (χ4v) is 0. The molecule has 4 heavy (non-hydrogen) atoms. The molecule has 0 N–H and O–H groups in total. The van der Waals surface area contributed by atoms with Crippen molar-refractivity contribution in [2.45, 2.75) is 0 Å². The molecule has 0 spiro atoms. The standard InChI is InChI=1S/Co.Ni.P.Re. The largest absolute Gasteiger partial charge is 0 e. The second-order valence-corrected chi connectivity index (χ2v) is 0. The summed E-state index contributed by atoms with van der Waals surface area (Å²) in [6.07, 6.45) is 0. The van der Waals surface area contributed by atoms with Crippen molar-refractivity contribution in [3.05, 3.63) is 0 Å². The molecule has 0 unspecified atom stereocenters. The van der Waals surface area contributed by atoms with Crippen LogP contribution in [0.25, 0.3) is 0 Å². The van der Waals surface area contributed by atoms with Crippen molar-refractivity contribution in [1.29, 1.82) is 0 Å². The molecule has 0 amide bonds. The van der Waals surface area contributed by atoms with Gasteiger partial charge in [-0.15, -0.1) is 0 Å². The van der Waals surface area contributed by atoms with E-state index in [1.165, 1.54) is 0 Å². The van der Waals surface area contributed by atoms with Gasteiger partial charge in [-0.05, 0) is 0 Å². The van der Waals surface area contributed by atoms with Crippen LogP contribution in [0, 0.1) is 0 Å². The van der Waals surface area contributed by atoms with Crippen molar-refractivity contribution in [3.63, 3.8) is 0 Å². The molecule has 31 valence electrons. The Bertz CT molecular complexity index is 8.00. The first-order valence-corrected chi connectivity index (χ1v) is 0. The maximum Gasteiger partial charge on any atom is 0 e. The van der Waals surface area contributed by atoms with Crippen LogP contribution in [0.3, 0.4) is 0 Å². The predicted molar refractivity (Wildman–Crippen MR) is 6.92 cm³/mol. The van der Waals surface area contributed by atoms with Crippen molar-refractivity contribution in [3.8, 4) is 0 Å². The Balaban J connectivity index is 0. The van der Waals surface area contributed by atoms with Gasteiger partial charge in [-0.1, -0.05) is 0 Å². The van der Waals surface area contributed by atoms with Gasteiger partial charge in [-0.2, -0.15) is 0 Å². The van der Waals surface area contributed by atoms with E-state index < -0.39 is 0 Å². The second kappa shape index (κ2) is 19.5. The molecule has 0 aliphatic heterocycles. The number of hydrogen-bond acceptors (Lipinski definition) is 0. The summed E-state index contributed by atoms with van der Waals surface area (Å²) in [4.78, 5) is 0. The fraction of sp³-hybridized carbons (Fsp3) is 0. The summed E-state index contributed by atoms with van der Waals surface area (Å²) >= 11 is 0. The van der Waals surface area contributed by atoms with E-state index in [4.69, 9.17) is 0 Å². The van der Waals surface area contributed by atoms with Gasteiger partial charge < -0.3 is 0 Å². The Labute approximate surface area is 63.3 Å². The smallest absolute Gasteiger partial charge is 0 e. The Hall–Kier alpha value is 2.09. The monoisotopic (exact) mass is 335 g/mol. The molecule has 0 heterocycles. The molecule has 0 fully saturated rings. The molecule has 0 nitrogen and oxygen atoms in total. The molecule has 0 aromatic rings. The number of rotatable bonds is 0. The molecule has 0 bridgehead atoms. The van der Waals surface area contributed by atoms with Crippen LogP contribution < -0.4 is 0 Å². The van der Waals surface area contributed by atoms with E-state index in [2.05, 4.69) is 0 Å². The first kappa shape index (κ1) is 36.1. The first-order chi connectivity index (χ1) is 0. The van der Waals surface area contributed by atoms with Gasteiger partial charge in [-0.25, -0.2) is 0 Å². The summed E-state index contributed by atoms with van der Waals surface area (Å²) in [6, 6.07) is 0. The topological polar surface area (TPSA) is 0 Å². The van der Waals surface area contributed by atoms with Crippen molar-refractivity contribution in [2.75, 3.05) is 0 Å². The first-order valence-electron chi connectivity index (χ1n) is 0. The van der Waals surface area contributed by atoms with Crippen LogP contribution in [0.5, 0.6) is 0 Å². The summed E-state index contributed by atoms with van der Waals surface area (Å²) in [5.74, 6) is 0. The van der Waals surface area contributed by atoms with E-state index >= 15 is 0 Å². The Morgan fingerprint density at radius 3 is 1.00 bits per heavy atom. The average molecular weight is 335 g/mol. The Morgan fingerprint density at radius 2 is 1.00 bits per heavy atom. The van der Waals surface area contributed by atoms with Crippen LogP contribution in [0.2, 0.25) is 0 Å². The maximum absolute atomic E-state index is 0. The molecule has 0 rings (SSSR count). The van der Waals surface area contributed by atoms with Gasteiger partial charge in [0, 0.05) is 63.6 Å². The van der Waals surface area contributed by atoms with E-state index in [1.807, 2.05) is 0 Å². The molecule has 5 radical (unpaired) electrons. The van der Waals surface area contributed by atoms with Crippen LogP contribution in [0.1, 0.15) is 0 Å². The van der Waals surface area contributed by atoms with Crippen molar-refractivity contribution in [1.82, 2.24) is 0 Å². The minimum Gasteiger partial charge on any atom is 0 e. The zero-order valence-electron chi connectivity index (χ0n) is 1.47. The molecule has 0 aromatic heterocycles. The summed E-state index contributed by atoms with van der Waals surface area (Å²) in [6.45, 7) is 0. The second-order valence-electron chi connectivity index (χ2n) is 0. The van der Waals surface area contributed by atoms with Gasteiger partial charge in [0.2, 0.25) is 0 Å². The minimum atomic E-state index is 0. The van der Waals surface area contributed by atoms with Crippen LogP contribution in [-0.4, -0.2) is 0 Å². The number of hydrogen-bond donors (Lipinski definition) is 0. The summed E-state index contributed by atoms with van der Waals surface area (Å²) in [5, 5.41) is 0. The molecule has 0 saturated heterocycles. The Kier molecular flexibility index (Phi) is 176. The van der Waals surface area contributed by atoms with E-state index in [1.54, 1.807) is 0 Å². The van der Waals surface area contributed by atoms with Crippen LogP contribution >= 0.6 is 9.90 Å². The van der Waals surface area contributed by atoms with Gasteiger partial charge in [-0.3, -0.25) is 0 Å². The molecule has 0 aliphatic rings. The third-order valence-corrected chi connectivity index (χ3v) is 0. The zero-order chi connectivity index (χ0) is 0. The van der Waals surface area contributed by atoms with Gasteiger partial charge >= 0.3 is 0 Å². The molecular weight excluding hydrogens is 335 g/mol. The Morgan fingerprint density at radius 1 is 1.00 bits per heavy atom. The third-order valence-electron chi connectivity index (χ3n) is 0. The minimum absolute atomic E-state index is 0. The normalized spacial score (nSPS) is 0.